The largest absolute Gasteiger partial charge is 0.347 e. The summed E-state index contributed by atoms with van der Waals surface area (Å²) >= 11 is 1.72. The van der Waals surface area contributed by atoms with E-state index in [0.717, 1.165) is 12.1 Å². The molecule has 0 radical (unpaired) electrons. The predicted octanol–water partition coefficient (Wildman–Crippen LogP) is 1.44. The lowest BCUT2D eigenvalue weighted by Crippen LogP contribution is -2.85. The number of hydrogen-bond acceptors (Lipinski definition) is 2. The molecule has 0 spiro atoms. The third kappa shape index (κ3) is 4.85. The Kier molecular flexibility index (Phi) is 5.12. The maximum Gasteiger partial charge on any atom is 0.275 e. The molecule has 2 aromatic rings. The Balaban J connectivity index is 1.65. The van der Waals surface area contributed by atoms with Crippen molar-refractivity contribution in [2.75, 3.05) is 6.54 Å². The Morgan fingerprint density at radius 2 is 2.05 bits per heavy atom. The second kappa shape index (κ2) is 7.07. The molecule has 0 unspecified atom stereocenters. The minimum atomic E-state index is 0.0807. The van der Waals surface area contributed by atoms with E-state index in [1.807, 2.05) is 23.5 Å². The quantitative estimate of drug-likeness (QED) is 0.823. The molecule has 0 aliphatic heterocycles. The van der Waals surface area contributed by atoms with E-state index in [1.165, 1.54) is 10.4 Å². The third-order valence-electron chi connectivity index (χ3n) is 2.87. The summed E-state index contributed by atoms with van der Waals surface area (Å²) in [5, 5.41) is 7.01. The second-order valence-corrected chi connectivity index (χ2v) is 5.57. The topological polar surface area (TPSA) is 45.7 Å². The van der Waals surface area contributed by atoms with Gasteiger partial charge < -0.3 is 10.6 Å². The summed E-state index contributed by atoms with van der Waals surface area (Å²) in [6.07, 6.45) is 0. The van der Waals surface area contributed by atoms with Gasteiger partial charge in [-0.2, -0.15) is 0 Å². The molecule has 3 nitrogen and oxygen atoms in total. The molecule has 1 aromatic heterocycles. The Morgan fingerprint density at radius 1 is 1.26 bits per heavy atom. The second-order valence-electron chi connectivity index (χ2n) is 4.54. The van der Waals surface area contributed by atoms with Gasteiger partial charge in [-0.1, -0.05) is 35.9 Å². The van der Waals surface area contributed by atoms with Crippen LogP contribution in [0.25, 0.3) is 0 Å². The number of rotatable bonds is 6. The molecule has 1 heterocycles. The first-order valence-electron chi connectivity index (χ1n) is 6.40. The summed E-state index contributed by atoms with van der Waals surface area (Å²) in [7, 11) is 0. The fourth-order valence-corrected chi connectivity index (χ4v) is 2.46. The summed E-state index contributed by atoms with van der Waals surface area (Å²) in [6.45, 7) is 4.01. The van der Waals surface area contributed by atoms with E-state index in [4.69, 9.17) is 0 Å². The summed E-state index contributed by atoms with van der Waals surface area (Å²) < 4.78 is 0. The smallest absolute Gasteiger partial charge is 0.275 e. The van der Waals surface area contributed by atoms with Crippen LogP contribution in [-0.4, -0.2) is 12.5 Å². The van der Waals surface area contributed by atoms with Crippen LogP contribution in [0.2, 0.25) is 0 Å². The van der Waals surface area contributed by atoms with Crippen molar-refractivity contribution in [1.29, 1.82) is 0 Å². The molecule has 0 fully saturated rings. The zero-order valence-corrected chi connectivity index (χ0v) is 11.9. The molecule has 0 aliphatic carbocycles. The van der Waals surface area contributed by atoms with Crippen molar-refractivity contribution in [2.24, 2.45) is 0 Å². The summed E-state index contributed by atoms with van der Waals surface area (Å²) in [5.41, 5.74) is 2.37. The Morgan fingerprint density at radius 3 is 2.74 bits per heavy atom. The van der Waals surface area contributed by atoms with Crippen LogP contribution in [0.1, 0.15) is 16.0 Å². The molecule has 1 amide bonds. The predicted molar refractivity (Wildman–Crippen MR) is 77.8 cm³/mol. The standard InChI is InChI=1S/C15H18N2OS/c1-12-4-6-13(7-5-12)9-17-15(18)11-16-10-14-3-2-8-19-14/h2-8,16H,9-11H2,1H3,(H,17,18)/p+1. The Hall–Kier alpha value is -1.65. The molecule has 0 aliphatic rings. The number of amides is 1. The van der Waals surface area contributed by atoms with Gasteiger partial charge in [0.1, 0.15) is 6.54 Å². The maximum absolute atomic E-state index is 11.7. The van der Waals surface area contributed by atoms with Crippen LogP contribution in [0.4, 0.5) is 0 Å². The lowest BCUT2D eigenvalue weighted by Gasteiger charge is -2.05. The number of nitrogens with two attached hydrogens (primary N) is 1. The fraction of sp³-hybridized carbons (Fsp3) is 0.267. The van der Waals surface area contributed by atoms with Crippen molar-refractivity contribution < 1.29 is 10.1 Å². The molecular formula is C15H19N2OS+. The molecule has 0 saturated carbocycles. The molecule has 2 rings (SSSR count). The zero-order valence-electron chi connectivity index (χ0n) is 11.1. The number of carbonyl (C=O) groups is 1. The van der Waals surface area contributed by atoms with E-state index in [-0.39, 0.29) is 5.91 Å². The molecule has 0 bridgehead atoms. The molecule has 19 heavy (non-hydrogen) atoms. The van der Waals surface area contributed by atoms with Gasteiger partial charge in [-0.25, -0.2) is 0 Å². The molecule has 3 N–H and O–H groups in total. The number of benzene rings is 1. The minimum absolute atomic E-state index is 0.0807. The molecule has 4 heteroatoms. The number of hydrogen-bond donors (Lipinski definition) is 2. The van der Waals surface area contributed by atoms with Crippen molar-refractivity contribution in [3.63, 3.8) is 0 Å². The average Bonchev–Trinajstić information content (AvgIpc) is 2.91. The van der Waals surface area contributed by atoms with Crippen LogP contribution >= 0.6 is 11.3 Å². The van der Waals surface area contributed by atoms with Crippen molar-refractivity contribution in [1.82, 2.24) is 5.32 Å². The fourth-order valence-electron chi connectivity index (χ4n) is 1.75. The van der Waals surface area contributed by atoms with E-state index >= 15 is 0 Å². The minimum Gasteiger partial charge on any atom is -0.347 e. The molecule has 1 aromatic carbocycles. The first-order valence-corrected chi connectivity index (χ1v) is 7.28. The SMILES string of the molecule is Cc1ccc(CNC(=O)C[NH2+]Cc2cccs2)cc1. The monoisotopic (exact) mass is 275 g/mol. The van der Waals surface area contributed by atoms with Crippen LogP contribution in [0.3, 0.4) is 0 Å². The summed E-state index contributed by atoms with van der Waals surface area (Å²) in [5.74, 6) is 0.0807. The number of quaternary nitrogens is 1. The van der Waals surface area contributed by atoms with Crippen molar-refractivity contribution >= 4 is 17.2 Å². The van der Waals surface area contributed by atoms with Crippen molar-refractivity contribution in [3.8, 4) is 0 Å². The molecule has 100 valence electrons. The van der Waals surface area contributed by atoms with E-state index in [0.29, 0.717) is 13.1 Å². The lowest BCUT2D eigenvalue weighted by atomic mass is 10.1. The van der Waals surface area contributed by atoms with Gasteiger partial charge in [-0.3, -0.25) is 4.79 Å². The van der Waals surface area contributed by atoms with Gasteiger partial charge in [0.25, 0.3) is 5.91 Å². The van der Waals surface area contributed by atoms with Crippen LogP contribution in [-0.2, 0) is 17.9 Å². The number of carbonyl (C=O) groups excluding carboxylic acids is 1. The highest BCUT2D eigenvalue weighted by atomic mass is 32.1. The van der Waals surface area contributed by atoms with Gasteiger partial charge in [-0.05, 0) is 23.9 Å². The molecule has 0 atom stereocenters. The number of nitrogens with one attached hydrogen (secondary N) is 1. The first-order chi connectivity index (χ1) is 9.24. The van der Waals surface area contributed by atoms with E-state index in [9.17, 15) is 4.79 Å². The molecular weight excluding hydrogens is 256 g/mol. The van der Waals surface area contributed by atoms with Gasteiger partial charge in [0.2, 0.25) is 0 Å². The molecule has 0 saturated heterocycles. The van der Waals surface area contributed by atoms with Gasteiger partial charge in [0.05, 0.1) is 4.88 Å². The lowest BCUT2D eigenvalue weighted by molar-refractivity contribution is -0.659. The Labute approximate surface area is 117 Å². The highest BCUT2D eigenvalue weighted by Gasteiger charge is 2.04. The van der Waals surface area contributed by atoms with Crippen LogP contribution in [0, 0.1) is 6.92 Å². The van der Waals surface area contributed by atoms with Gasteiger partial charge in [0.15, 0.2) is 6.54 Å². The summed E-state index contributed by atoms with van der Waals surface area (Å²) in [4.78, 5) is 13.0. The van der Waals surface area contributed by atoms with E-state index in [2.05, 4.69) is 35.8 Å². The van der Waals surface area contributed by atoms with Gasteiger partial charge in [0, 0.05) is 6.54 Å². The van der Waals surface area contributed by atoms with Gasteiger partial charge in [-0.15, -0.1) is 11.3 Å². The summed E-state index contributed by atoms with van der Waals surface area (Å²) in [6, 6.07) is 12.3. The highest BCUT2D eigenvalue weighted by Crippen LogP contribution is 2.05. The highest BCUT2D eigenvalue weighted by molar-refractivity contribution is 7.09. The van der Waals surface area contributed by atoms with E-state index in [1.54, 1.807) is 11.3 Å². The normalized spacial score (nSPS) is 10.4. The van der Waals surface area contributed by atoms with Crippen molar-refractivity contribution in [2.45, 2.75) is 20.0 Å². The van der Waals surface area contributed by atoms with Crippen LogP contribution < -0.4 is 10.6 Å². The zero-order chi connectivity index (χ0) is 13.5. The van der Waals surface area contributed by atoms with Crippen molar-refractivity contribution in [3.05, 3.63) is 57.8 Å². The first kappa shape index (κ1) is 13.8. The van der Waals surface area contributed by atoms with Crippen LogP contribution in [0.5, 0.6) is 0 Å². The number of aryl methyl sites for hydroxylation is 1. The average molecular weight is 275 g/mol. The number of thiophene rings is 1. The Bertz CT molecular complexity index is 505. The van der Waals surface area contributed by atoms with E-state index < -0.39 is 0 Å². The maximum atomic E-state index is 11.7. The third-order valence-corrected chi connectivity index (χ3v) is 3.76. The van der Waals surface area contributed by atoms with Gasteiger partial charge >= 0.3 is 0 Å². The van der Waals surface area contributed by atoms with Crippen LogP contribution in [0.15, 0.2) is 41.8 Å².